The molecule has 0 bridgehead atoms. The summed E-state index contributed by atoms with van der Waals surface area (Å²) in [7, 11) is 2.23. The summed E-state index contributed by atoms with van der Waals surface area (Å²) >= 11 is 0. The van der Waals surface area contributed by atoms with Crippen molar-refractivity contribution in [1.29, 1.82) is 0 Å². The van der Waals surface area contributed by atoms with Gasteiger partial charge in [-0.15, -0.1) is 0 Å². The van der Waals surface area contributed by atoms with Crippen molar-refractivity contribution in [3.63, 3.8) is 0 Å². The third-order valence-electron chi connectivity index (χ3n) is 6.88. The Bertz CT molecular complexity index is 652. The van der Waals surface area contributed by atoms with Crippen molar-refractivity contribution in [3.8, 4) is 5.75 Å². The van der Waals surface area contributed by atoms with Gasteiger partial charge in [-0.25, -0.2) is 10.8 Å². The molecule has 2 unspecified atom stereocenters. The van der Waals surface area contributed by atoms with E-state index in [0.717, 1.165) is 54.4 Å². The summed E-state index contributed by atoms with van der Waals surface area (Å²) in [5, 5.41) is 0. The molecule has 1 aromatic carbocycles. The van der Waals surface area contributed by atoms with E-state index in [1.54, 1.807) is 0 Å². The highest BCUT2D eigenvalue weighted by Crippen LogP contribution is 2.49. The number of aliphatic imine (C=N–C) groups is 1. The summed E-state index contributed by atoms with van der Waals surface area (Å²) in [6, 6.07) is 7.79. The van der Waals surface area contributed by atoms with Crippen LogP contribution in [0, 0.1) is 23.7 Å². The number of benzene rings is 1. The molecule has 0 aromatic heterocycles. The molecule has 3 N–H and O–H groups in total. The molecular formula is C24H38N4O2. The molecule has 2 saturated carbocycles. The number of nitrogens with zero attached hydrogens (tertiary/aromatic N) is 2. The molecule has 3 fully saturated rings. The van der Waals surface area contributed by atoms with Gasteiger partial charge in [-0.2, -0.15) is 0 Å². The fourth-order valence-corrected chi connectivity index (χ4v) is 4.57. The predicted molar refractivity (Wildman–Crippen MR) is 122 cm³/mol. The Morgan fingerprint density at radius 1 is 1.20 bits per heavy atom. The van der Waals surface area contributed by atoms with Gasteiger partial charge in [0.1, 0.15) is 18.4 Å². The Balaban J connectivity index is 0.000000310. The minimum Gasteiger partial charge on any atom is -0.494 e. The zero-order valence-electron chi connectivity index (χ0n) is 18.3. The Morgan fingerprint density at radius 2 is 1.93 bits per heavy atom. The van der Waals surface area contributed by atoms with Crippen molar-refractivity contribution in [2.24, 2.45) is 34.5 Å². The maximum Gasteiger partial charge on any atom is 0.120 e. The molecule has 4 rings (SSSR count). The first kappa shape index (κ1) is 22.8. The second-order valence-corrected chi connectivity index (χ2v) is 9.06. The number of aldehydes is 1. The minimum absolute atomic E-state index is 0.762. The molecule has 6 nitrogen and oxygen atoms in total. The van der Waals surface area contributed by atoms with E-state index in [0.29, 0.717) is 0 Å². The van der Waals surface area contributed by atoms with Gasteiger partial charge in [0.2, 0.25) is 0 Å². The Morgan fingerprint density at radius 3 is 2.50 bits per heavy atom. The standard InChI is InChI=1S/C18H28N4O.C6H10O/c1-22-9-6-14(7-10-22)18-12-15(18)8-11-23-17-4-2-16(3-5-17)20-13-21-19;7-5-4-6-2-1-3-6/h2-5,13-15,18H,6-12,19H2,1H3,(H,20,21);5-6H,1-4H2. The monoisotopic (exact) mass is 414 g/mol. The number of carbonyl (C=O) groups excluding carboxylic acids is 1. The average Bonchev–Trinajstić information content (AvgIpc) is 3.51. The molecule has 1 aromatic rings. The molecule has 166 valence electrons. The van der Waals surface area contributed by atoms with Crippen LogP contribution in [0.5, 0.6) is 5.75 Å². The van der Waals surface area contributed by atoms with Crippen molar-refractivity contribution in [2.45, 2.75) is 51.4 Å². The zero-order valence-corrected chi connectivity index (χ0v) is 18.3. The Hall–Kier alpha value is -1.92. The van der Waals surface area contributed by atoms with E-state index >= 15 is 0 Å². The summed E-state index contributed by atoms with van der Waals surface area (Å²) in [4.78, 5) is 16.4. The van der Waals surface area contributed by atoms with Gasteiger partial charge in [-0.1, -0.05) is 19.3 Å². The van der Waals surface area contributed by atoms with Crippen LogP contribution in [0.15, 0.2) is 29.3 Å². The molecule has 6 heteroatoms. The number of ether oxygens (including phenoxy) is 1. The normalized spacial score (nSPS) is 24.6. The van der Waals surface area contributed by atoms with Gasteiger partial charge in [-0.05, 0) is 93.8 Å². The molecule has 0 spiro atoms. The van der Waals surface area contributed by atoms with Crippen LogP contribution in [0.1, 0.15) is 51.4 Å². The van der Waals surface area contributed by atoms with E-state index in [1.807, 2.05) is 24.3 Å². The SMILES string of the molecule is CN1CCC(C2CC2CCOc2ccc(N=CNN)cc2)CC1.O=CCC1CCC1. The lowest BCUT2D eigenvalue weighted by molar-refractivity contribution is -0.109. The van der Waals surface area contributed by atoms with Crippen LogP contribution in [0.25, 0.3) is 0 Å². The smallest absolute Gasteiger partial charge is 0.120 e. The van der Waals surface area contributed by atoms with E-state index in [1.165, 1.54) is 64.4 Å². The lowest BCUT2D eigenvalue weighted by Gasteiger charge is -2.29. The third-order valence-corrected chi connectivity index (χ3v) is 6.88. The summed E-state index contributed by atoms with van der Waals surface area (Å²) in [5.41, 5.74) is 3.25. The van der Waals surface area contributed by atoms with E-state index in [9.17, 15) is 4.79 Å². The van der Waals surface area contributed by atoms with Crippen LogP contribution in [-0.4, -0.2) is 44.3 Å². The molecule has 2 aliphatic carbocycles. The summed E-state index contributed by atoms with van der Waals surface area (Å²) in [6.45, 7) is 3.37. The van der Waals surface area contributed by atoms with Crippen LogP contribution in [0.4, 0.5) is 5.69 Å². The van der Waals surface area contributed by atoms with Gasteiger partial charge in [0, 0.05) is 6.42 Å². The lowest BCUT2D eigenvalue weighted by Crippen LogP contribution is -2.31. The lowest BCUT2D eigenvalue weighted by atomic mass is 9.83. The molecule has 1 aliphatic heterocycles. The van der Waals surface area contributed by atoms with E-state index < -0.39 is 0 Å². The number of nitrogens with two attached hydrogens (primary N) is 1. The van der Waals surface area contributed by atoms with Gasteiger partial charge in [0.25, 0.3) is 0 Å². The highest BCUT2D eigenvalue weighted by molar-refractivity contribution is 5.60. The van der Waals surface area contributed by atoms with Crippen LogP contribution < -0.4 is 16.0 Å². The topological polar surface area (TPSA) is 79.9 Å². The second-order valence-electron chi connectivity index (χ2n) is 9.06. The van der Waals surface area contributed by atoms with Gasteiger partial charge in [0.15, 0.2) is 0 Å². The van der Waals surface area contributed by atoms with E-state index in [-0.39, 0.29) is 0 Å². The largest absolute Gasteiger partial charge is 0.494 e. The van der Waals surface area contributed by atoms with Crippen molar-refractivity contribution >= 4 is 18.3 Å². The molecule has 30 heavy (non-hydrogen) atoms. The number of hydrazine groups is 1. The van der Waals surface area contributed by atoms with Gasteiger partial charge in [-0.3, -0.25) is 0 Å². The van der Waals surface area contributed by atoms with Crippen molar-refractivity contribution in [2.75, 3.05) is 26.7 Å². The zero-order chi connectivity index (χ0) is 21.2. The molecular weight excluding hydrogens is 376 g/mol. The fraction of sp³-hybridized carbons (Fsp3) is 0.667. The van der Waals surface area contributed by atoms with Crippen LogP contribution in [-0.2, 0) is 4.79 Å². The molecule has 0 radical (unpaired) electrons. The second kappa shape index (κ2) is 12.1. The number of carbonyl (C=O) groups is 1. The minimum atomic E-state index is 0.762. The Kier molecular flexibility index (Phi) is 9.15. The quantitative estimate of drug-likeness (QED) is 0.210. The van der Waals surface area contributed by atoms with Gasteiger partial charge < -0.3 is 19.9 Å². The highest BCUT2D eigenvalue weighted by Gasteiger charge is 2.42. The highest BCUT2D eigenvalue weighted by atomic mass is 16.5. The van der Waals surface area contributed by atoms with Crippen LogP contribution in [0.3, 0.4) is 0 Å². The Labute approximate surface area is 181 Å². The first-order chi connectivity index (χ1) is 14.7. The van der Waals surface area contributed by atoms with E-state index in [4.69, 9.17) is 10.6 Å². The summed E-state index contributed by atoms with van der Waals surface area (Å²) in [6.07, 6.45) is 12.6. The molecule has 3 aliphatic rings. The van der Waals surface area contributed by atoms with Crippen molar-refractivity contribution in [1.82, 2.24) is 10.3 Å². The molecule has 1 heterocycles. The predicted octanol–water partition coefficient (Wildman–Crippen LogP) is 3.93. The molecule has 1 saturated heterocycles. The number of piperidine rings is 1. The van der Waals surface area contributed by atoms with Crippen molar-refractivity contribution in [3.05, 3.63) is 24.3 Å². The molecule has 2 atom stereocenters. The number of hydrogen-bond donors (Lipinski definition) is 2. The maximum absolute atomic E-state index is 9.81. The van der Waals surface area contributed by atoms with Crippen LogP contribution >= 0.6 is 0 Å². The van der Waals surface area contributed by atoms with Gasteiger partial charge in [0.05, 0.1) is 12.3 Å². The maximum atomic E-state index is 9.81. The first-order valence-corrected chi connectivity index (χ1v) is 11.5. The van der Waals surface area contributed by atoms with Crippen molar-refractivity contribution < 1.29 is 9.53 Å². The molecule has 0 amide bonds. The van der Waals surface area contributed by atoms with E-state index in [2.05, 4.69) is 22.4 Å². The summed E-state index contributed by atoms with van der Waals surface area (Å²) < 4.78 is 5.87. The van der Waals surface area contributed by atoms with Gasteiger partial charge >= 0.3 is 0 Å². The number of rotatable bonds is 9. The average molecular weight is 415 g/mol. The van der Waals surface area contributed by atoms with Crippen LogP contribution in [0.2, 0.25) is 0 Å². The third kappa shape index (κ3) is 7.40. The number of hydrogen-bond acceptors (Lipinski definition) is 5. The number of likely N-dealkylation sites (tertiary alicyclic amines) is 1. The number of nitrogens with one attached hydrogen (secondary N) is 1. The summed E-state index contributed by atoms with van der Waals surface area (Å²) in [5.74, 6) is 9.65. The first-order valence-electron chi connectivity index (χ1n) is 11.5. The fourth-order valence-electron chi connectivity index (χ4n) is 4.57.